The van der Waals surface area contributed by atoms with Crippen molar-refractivity contribution >= 4 is 23.3 Å². The van der Waals surface area contributed by atoms with Crippen LogP contribution in [0.4, 0.5) is 11.6 Å². The number of rotatable bonds is 14. The number of hydrogen-bond donors (Lipinski definition) is 5. The molecule has 0 bridgehead atoms. The minimum atomic E-state index is -1.88. The summed E-state index contributed by atoms with van der Waals surface area (Å²) in [6.07, 6.45) is 12.7. The van der Waals surface area contributed by atoms with Gasteiger partial charge in [0.1, 0.15) is 6.61 Å². The van der Waals surface area contributed by atoms with E-state index in [-0.39, 0.29) is 40.6 Å². The van der Waals surface area contributed by atoms with E-state index >= 15 is 0 Å². The van der Waals surface area contributed by atoms with Crippen molar-refractivity contribution in [3.05, 3.63) is 100 Å². The van der Waals surface area contributed by atoms with Gasteiger partial charge >= 0.3 is 5.97 Å². The van der Waals surface area contributed by atoms with Gasteiger partial charge in [0.2, 0.25) is 11.6 Å². The van der Waals surface area contributed by atoms with Crippen molar-refractivity contribution in [3.63, 3.8) is 0 Å². The molecule has 3 aromatic rings. The zero-order valence-electron chi connectivity index (χ0n) is 42.6. The predicted molar refractivity (Wildman–Crippen MR) is 269 cm³/mol. The highest BCUT2D eigenvalue weighted by Gasteiger charge is 2.31. The number of carbonyl (C=O) groups is 1. The third-order valence-corrected chi connectivity index (χ3v) is 10.5. The number of carboxylic acids is 1. The molecule has 0 spiro atoms. The number of aromatic carboxylic acids is 1. The van der Waals surface area contributed by atoms with Gasteiger partial charge in [-0.25, -0.2) is 9.78 Å². The molecule has 1 aliphatic rings. The maximum absolute atomic E-state index is 11.6. The quantitative estimate of drug-likeness (QED) is 0.0461. The normalized spacial score (nSPS) is 16.4. The van der Waals surface area contributed by atoms with E-state index < -0.39 is 10.9 Å². The van der Waals surface area contributed by atoms with E-state index in [1.807, 2.05) is 52.8 Å². The van der Waals surface area contributed by atoms with Gasteiger partial charge in [-0.2, -0.15) is 4.98 Å². The minimum absolute atomic E-state index is 0.000905. The summed E-state index contributed by atoms with van der Waals surface area (Å²) in [6.45, 7) is 36.5. The van der Waals surface area contributed by atoms with Crippen LogP contribution >= 0.6 is 0 Å². The average Bonchev–Trinajstić information content (AvgIpc) is 3.47. The van der Waals surface area contributed by atoms with Gasteiger partial charge in [0, 0.05) is 41.6 Å². The van der Waals surface area contributed by atoms with Crippen molar-refractivity contribution in [1.29, 1.82) is 0 Å². The molecule has 0 saturated carbocycles. The molecular weight excluding hydrogens is 801 g/mol. The van der Waals surface area contributed by atoms with Gasteiger partial charge in [-0.3, -0.25) is 4.99 Å². The summed E-state index contributed by atoms with van der Waals surface area (Å²) in [7, 11) is 0. The van der Waals surface area contributed by atoms with Gasteiger partial charge in [-0.1, -0.05) is 150 Å². The molecule has 0 radical (unpaired) electrons. The number of ether oxygens (including phenoxy) is 1. The molecule has 0 amide bonds. The third-order valence-electron chi connectivity index (χ3n) is 10.5. The van der Waals surface area contributed by atoms with Gasteiger partial charge in [0.05, 0.1) is 21.9 Å². The largest absolute Gasteiger partial charge is 0.478 e. The Morgan fingerprint density at radius 2 is 1.55 bits per heavy atom. The van der Waals surface area contributed by atoms with Gasteiger partial charge < -0.3 is 15.2 Å². The Hall–Kier alpha value is -4.68. The van der Waals surface area contributed by atoms with Crippen LogP contribution in [0.5, 0.6) is 5.88 Å². The first-order chi connectivity index (χ1) is 30.0. The van der Waals surface area contributed by atoms with Gasteiger partial charge in [-0.05, 0) is 93.9 Å². The van der Waals surface area contributed by atoms with Crippen molar-refractivity contribution < 1.29 is 25.1 Å². The molecule has 2 heterocycles. The maximum atomic E-state index is 11.6. The average molecular weight is 886 g/mol. The highest BCUT2D eigenvalue weighted by atomic mass is 16.9. The Kier molecular flexibility index (Phi) is 25.3. The fraction of sp³-hybridized carbons (Fsp3) is 0.547. The van der Waals surface area contributed by atoms with Crippen LogP contribution in [0.2, 0.25) is 0 Å². The first-order valence-corrected chi connectivity index (χ1v) is 23.4. The molecule has 64 heavy (non-hydrogen) atoms. The second-order valence-corrected chi connectivity index (χ2v) is 18.4. The molecule has 1 saturated heterocycles. The molecule has 2 unspecified atom stereocenters. The Bertz CT molecular complexity index is 1980. The lowest BCUT2D eigenvalue weighted by Crippen LogP contribution is -2.48. The molecule has 0 aliphatic carbocycles. The number of quaternary nitrogens is 1. The summed E-state index contributed by atoms with van der Waals surface area (Å²) >= 11 is 0. The van der Waals surface area contributed by atoms with Crippen molar-refractivity contribution in [1.82, 2.24) is 20.2 Å². The first-order valence-electron chi connectivity index (χ1n) is 23.4. The summed E-state index contributed by atoms with van der Waals surface area (Å²) in [6, 6.07) is 13.1. The van der Waals surface area contributed by atoms with E-state index in [0.717, 1.165) is 83.7 Å². The maximum Gasteiger partial charge on any atom is 0.335 e. The van der Waals surface area contributed by atoms with E-state index in [0.29, 0.717) is 12.3 Å². The Balaban J connectivity index is 0.00000167. The van der Waals surface area contributed by atoms with Crippen LogP contribution in [0, 0.1) is 31.1 Å². The summed E-state index contributed by atoms with van der Waals surface area (Å²) in [4.78, 5) is 24.0. The van der Waals surface area contributed by atoms with E-state index in [1.54, 1.807) is 6.07 Å². The number of allylic oxidation sites excluding steroid dienone is 5. The summed E-state index contributed by atoms with van der Waals surface area (Å²) in [5, 5.41) is 35.3. The van der Waals surface area contributed by atoms with Gasteiger partial charge in [0.15, 0.2) is 0 Å². The molecule has 2 aromatic carbocycles. The highest BCUT2D eigenvalue weighted by Crippen LogP contribution is 2.31. The predicted octanol–water partition coefficient (Wildman–Crippen LogP) is 14.3. The zero-order valence-corrected chi connectivity index (χ0v) is 42.6. The molecule has 11 nitrogen and oxygen atoms in total. The fourth-order valence-corrected chi connectivity index (χ4v) is 6.26. The molecule has 356 valence electrons. The van der Waals surface area contributed by atoms with Crippen LogP contribution < -0.4 is 20.4 Å². The van der Waals surface area contributed by atoms with E-state index in [9.17, 15) is 20.3 Å². The van der Waals surface area contributed by atoms with Crippen molar-refractivity contribution in [2.24, 2.45) is 22.2 Å². The number of aryl methyl sites for hydroxylation is 2. The van der Waals surface area contributed by atoms with Crippen molar-refractivity contribution in [3.8, 4) is 17.1 Å². The van der Waals surface area contributed by atoms with Crippen LogP contribution in [-0.2, 0) is 0 Å². The lowest BCUT2D eigenvalue weighted by Gasteiger charge is -2.24. The number of aliphatic imine (C=N–C) groups is 1. The van der Waals surface area contributed by atoms with Crippen LogP contribution in [0.25, 0.3) is 11.3 Å². The Morgan fingerprint density at radius 3 is 2.08 bits per heavy atom. The Morgan fingerprint density at radius 1 is 0.969 bits per heavy atom. The number of nitrogens with one attached hydrogen (secondary N) is 2. The molecule has 1 aromatic heterocycles. The Labute approximate surface area is 387 Å². The van der Waals surface area contributed by atoms with Crippen LogP contribution in [0.15, 0.2) is 88.6 Å². The van der Waals surface area contributed by atoms with Gasteiger partial charge in [0.25, 0.3) is 5.95 Å². The second kappa shape index (κ2) is 28.3. The van der Waals surface area contributed by atoms with Crippen LogP contribution in [-0.4, -0.2) is 55.9 Å². The topological polar surface area (TPSA) is 149 Å². The minimum Gasteiger partial charge on any atom is -0.478 e. The van der Waals surface area contributed by atoms with E-state index in [2.05, 4.69) is 122 Å². The monoisotopic (exact) mass is 886 g/mol. The number of aromatic nitrogens is 2. The summed E-state index contributed by atoms with van der Waals surface area (Å²) in [5.74, 6) is 0.646. The highest BCUT2D eigenvalue weighted by molar-refractivity contribution is 6.01. The third kappa shape index (κ3) is 20.0. The summed E-state index contributed by atoms with van der Waals surface area (Å²) in [5.41, 5.74) is 10.1. The zero-order chi connectivity index (χ0) is 48.8. The lowest BCUT2D eigenvalue weighted by molar-refractivity contribution is -0.273. The molecule has 1 fully saturated rings. The smallest absolute Gasteiger partial charge is 0.335 e. The van der Waals surface area contributed by atoms with Crippen LogP contribution in [0.1, 0.15) is 164 Å². The molecule has 1 aliphatic heterocycles. The molecular formula is C53H85N6O5+. The second-order valence-electron chi connectivity index (χ2n) is 18.4. The van der Waals surface area contributed by atoms with Crippen molar-refractivity contribution in [2.75, 3.05) is 12.0 Å². The first kappa shape index (κ1) is 57.3. The molecule has 11 heteroatoms. The van der Waals surface area contributed by atoms with Gasteiger partial charge in [-0.15, -0.1) is 15.8 Å². The lowest BCUT2D eigenvalue weighted by atomic mass is 9.86. The standard InChI is InChI=1S/C42H56N6O5.C5H12.C4H10.C2H6/c1-10-16-31(23-29(5)42(7,8)9)30(6)43-35(11-2)36-22-13-12-20-33(44-36)26-53-38-25-37(39-27(3)17-14-18-28(39)4)45-41(46-38)47-48(51,52)34-21-15-19-32(24-34)40(49)50;1-4-5(2)3;1-4(2)3;1-2/h11,14-19,21,23-25,33,36,44,51-52H,10,12-13,20,22,26H2,1-9H3,(H-,45,46,47,49,50);5H,4H2,1-3H3;4H,1-3H3;1-2H3/p+1/b29-23+,31-16-,35-11-,43-30-;;;. The van der Waals surface area contributed by atoms with Crippen LogP contribution in [0.3, 0.4) is 0 Å². The number of carboxylic acid groups (broad SMARTS) is 1. The number of benzene rings is 2. The van der Waals surface area contributed by atoms with E-state index in [4.69, 9.17) is 9.73 Å². The fourth-order valence-electron chi connectivity index (χ4n) is 6.26. The molecule has 5 N–H and O–H groups in total. The number of nitrogens with zero attached hydrogens (tertiary/aromatic N) is 4. The molecule has 2 atom stereocenters. The molecule has 4 rings (SSSR count). The summed E-state index contributed by atoms with van der Waals surface area (Å²) < 4.78 is 6.37. The number of anilines is 1. The van der Waals surface area contributed by atoms with Crippen molar-refractivity contribution in [2.45, 2.75) is 168 Å². The number of hydrogen-bond acceptors (Lipinski definition) is 9. The van der Waals surface area contributed by atoms with E-state index in [1.165, 1.54) is 30.2 Å². The SMILES string of the molecule is CC.CC(C)C.CCC(C)C.C\C=C(/N=C(C)\C(=C/CC)\C=C(/C)C(C)(C)C)C1CCCCC(COc2cc(-c3c(C)cccc3C)nc(N[N+](O)(O)c3cccc(C(=O)O)c3)n2)N1.